The van der Waals surface area contributed by atoms with Gasteiger partial charge in [-0.05, 0) is 116 Å². The van der Waals surface area contributed by atoms with E-state index in [0.717, 1.165) is 100 Å². The number of carbonyl (C=O) groups is 3. The molecule has 2 aromatic carbocycles. The second-order valence-electron chi connectivity index (χ2n) is 19.5. The number of aromatic amines is 1. The number of alkyl carbamates (subject to hydrolysis) is 2. The number of nitrogens with one attached hydrogen (secondary N) is 3. The van der Waals surface area contributed by atoms with E-state index in [0.29, 0.717) is 12.5 Å². The van der Waals surface area contributed by atoms with Crippen molar-refractivity contribution < 1.29 is 23.9 Å². The summed E-state index contributed by atoms with van der Waals surface area (Å²) in [4.78, 5) is 58.2. The zero-order chi connectivity index (χ0) is 45.7. The molecule has 1 spiro atoms. The van der Waals surface area contributed by atoms with Crippen molar-refractivity contribution in [1.29, 1.82) is 0 Å². The maximum atomic E-state index is 13.7. The summed E-state index contributed by atoms with van der Waals surface area (Å²) in [6.07, 6.45) is 13.0. The van der Waals surface area contributed by atoms with E-state index in [4.69, 9.17) is 19.5 Å². The first-order valence-corrected chi connectivity index (χ1v) is 23.7. The first-order valence-electron chi connectivity index (χ1n) is 23.7. The van der Waals surface area contributed by atoms with Gasteiger partial charge in [0.25, 0.3) is 0 Å². The van der Waals surface area contributed by atoms with Gasteiger partial charge in [-0.25, -0.2) is 14.6 Å². The van der Waals surface area contributed by atoms with Crippen molar-refractivity contribution in [3.05, 3.63) is 77.0 Å². The van der Waals surface area contributed by atoms with Crippen LogP contribution in [0.3, 0.4) is 0 Å². The lowest BCUT2D eigenvalue weighted by atomic mass is 9.75. The van der Waals surface area contributed by atoms with Crippen LogP contribution < -0.4 is 10.6 Å². The Labute approximate surface area is 380 Å². The number of aromatic nitrogens is 2. The Morgan fingerprint density at radius 2 is 1.66 bits per heavy atom. The van der Waals surface area contributed by atoms with Crippen LogP contribution in [0.2, 0.25) is 0 Å². The average Bonchev–Trinajstić information content (AvgIpc) is 4.16. The Bertz CT molecular complexity index is 2180. The molecule has 13 nitrogen and oxygen atoms in total. The maximum absolute atomic E-state index is 13.7. The Balaban J connectivity index is 1.15. The van der Waals surface area contributed by atoms with Crippen LogP contribution in [0.5, 0.6) is 0 Å². The summed E-state index contributed by atoms with van der Waals surface area (Å²) in [7, 11) is 4.98. The number of fused-ring (bicyclic) bond motifs is 2. The summed E-state index contributed by atoms with van der Waals surface area (Å²) in [6, 6.07) is 13.2. The number of likely N-dealkylation sites (N-methyl/N-ethyl adjacent to an activating group) is 1. The molecule has 4 heterocycles. The standard InChI is InChI=1S/C51H72N8O5/c1-10-34(6)41(28-52-27-37-13-11-25-59(37)48(60)46(33(4)5)56-50(62)64-9)39-20-19-38(45-40(39)21-22-51(45)23-26-57(7)31-51)35-15-17-36(18-16-35)42-29-53-47(54-42)44-14-12-24-58(44)30-43(32(2)3)55-49(61)63-8/h15-20,27-29,32-34,41,43-44,46H,10-14,21-26,30-31H2,1-9H3,(H,53,54)(H,55,61)(H,56,62)/b37-27-,52-28?. The number of nitrogens with zero attached hydrogens (tertiary/aromatic N) is 5. The van der Waals surface area contributed by atoms with Crippen LogP contribution >= 0.6 is 0 Å². The average molecular weight is 877 g/mol. The topological polar surface area (TPSA) is 144 Å². The van der Waals surface area contributed by atoms with Crippen molar-refractivity contribution >= 4 is 24.3 Å². The Hall–Kier alpha value is -5.01. The number of likely N-dealkylation sites (tertiary alicyclic amines) is 3. The fourth-order valence-corrected chi connectivity index (χ4v) is 10.8. The van der Waals surface area contributed by atoms with E-state index in [1.807, 2.05) is 26.2 Å². The number of rotatable bonds is 15. The van der Waals surface area contributed by atoms with Crippen molar-refractivity contribution in [1.82, 2.24) is 35.3 Å². The smallest absolute Gasteiger partial charge is 0.407 e. The van der Waals surface area contributed by atoms with E-state index in [1.54, 1.807) is 4.90 Å². The van der Waals surface area contributed by atoms with E-state index in [2.05, 4.69) is 103 Å². The molecule has 3 amide bonds. The molecule has 0 saturated carbocycles. The number of benzene rings is 2. The quantitative estimate of drug-likeness (QED) is 0.129. The molecular weight excluding hydrogens is 805 g/mol. The van der Waals surface area contributed by atoms with Crippen molar-refractivity contribution in [3.63, 3.8) is 0 Å². The van der Waals surface area contributed by atoms with Crippen LogP contribution in [-0.4, -0.2) is 115 Å². The van der Waals surface area contributed by atoms with Gasteiger partial charge in [-0.2, -0.15) is 0 Å². The minimum atomic E-state index is -0.676. The molecule has 3 aromatic rings. The third-order valence-electron chi connectivity index (χ3n) is 14.7. The molecule has 1 aliphatic carbocycles. The van der Waals surface area contributed by atoms with E-state index in [-0.39, 0.29) is 41.2 Å². The predicted octanol–water partition coefficient (Wildman–Crippen LogP) is 8.83. The second-order valence-corrected chi connectivity index (χ2v) is 19.5. The van der Waals surface area contributed by atoms with Crippen LogP contribution in [-0.2, 0) is 26.1 Å². The molecule has 64 heavy (non-hydrogen) atoms. The van der Waals surface area contributed by atoms with Crippen molar-refractivity contribution in [2.24, 2.45) is 22.7 Å². The highest BCUT2D eigenvalue weighted by Crippen LogP contribution is 2.52. The van der Waals surface area contributed by atoms with Crippen molar-refractivity contribution in [2.45, 2.75) is 122 Å². The van der Waals surface area contributed by atoms with Crippen LogP contribution in [0, 0.1) is 17.8 Å². The normalized spacial score (nSPS) is 22.8. The van der Waals surface area contributed by atoms with E-state index < -0.39 is 18.2 Å². The molecule has 6 unspecified atom stereocenters. The van der Waals surface area contributed by atoms with Gasteiger partial charge in [0, 0.05) is 55.1 Å². The molecule has 3 aliphatic heterocycles. The first kappa shape index (κ1) is 47.0. The van der Waals surface area contributed by atoms with E-state index >= 15 is 0 Å². The summed E-state index contributed by atoms with van der Waals surface area (Å²) in [5.41, 5.74) is 10.0. The highest BCUT2D eigenvalue weighted by Gasteiger charge is 2.46. The molecule has 3 saturated heterocycles. The fourth-order valence-electron chi connectivity index (χ4n) is 10.8. The van der Waals surface area contributed by atoms with Gasteiger partial charge in [-0.3, -0.25) is 14.7 Å². The summed E-state index contributed by atoms with van der Waals surface area (Å²) in [6.45, 7) is 17.1. The van der Waals surface area contributed by atoms with Gasteiger partial charge in [0.2, 0.25) is 5.91 Å². The number of allylic oxidation sites excluding steroid dienone is 1. The number of H-pyrrole nitrogens is 1. The molecule has 346 valence electrons. The van der Waals surface area contributed by atoms with Gasteiger partial charge in [-0.15, -0.1) is 0 Å². The molecule has 6 atom stereocenters. The Morgan fingerprint density at radius 3 is 2.33 bits per heavy atom. The summed E-state index contributed by atoms with van der Waals surface area (Å²) in [5, 5.41) is 5.77. The highest BCUT2D eigenvalue weighted by molar-refractivity contribution is 5.87. The van der Waals surface area contributed by atoms with Crippen LogP contribution in [0.25, 0.3) is 22.4 Å². The van der Waals surface area contributed by atoms with E-state index in [9.17, 15) is 14.4 Å². The van der Waals surface area contributed by atoms with Gasteiger partial charge in [0.05, 0.1) is 32.2 Å². The van der Waals surface area contributed by atoms with Crippen LogP contribution in [0.15, 0.2) is 59.5 Å². The lowest BCUT2D eigenvalue weighted by Crippen LogP contribution is -2.50. The number of imidazole rings is 1. The molecule has 7 rings (SSSR count). The molecular formula is C51H72N8O5. The summed E-state index contributed by atoms with van der Waals surface area (Å²) >= 11 is 0. The monoisotopic (exact) mass is 877 g/mol. The van der Waals surface area contributed by atoms with Gasteiger partial charge >= 0.3 is 12.2 Å². The van der Waals surface area contributed by atoms with Crippen LogP contribution in [0.1, 0.15) is 121 Å². The molecule has 13 heteroatoms. The zero-order valence-electron chi connectivity index (χ0n) is 39.7. The van der Waals surface area contributed by atoms with E-state index in [1.165, 1.54) is 42.0 Å². The number of hydrogen-bond acceptors (Lipinski definition) is 9. The number of ether oxygens (including phenoxy) is 2. The Kier molecular flexibility index (Phi) is 15.0. The minimum absolute atomic E-state index is 0.0181. The van der Waals surface area contributed by atoms with Gasteiger partial charge in [0.15, 0.2) is 0 Å². The number of carbonyl (C=O) groups excluding carboxylic acids is 3. The number of methoxy groups -OCH3 is 2. The molecule has 4 aliphatic rings. The lowest BCUT2D eigenvalue weighted by molar-refractivity contribution is -0.131. The number of amides is 3. The molecule has 3 fully saturated rings. The van der Waals surface area contributed by atoms with Crippen molar-refractivity contribution in [2.75, 3.05) is 54.0 Å². The second kappa shape index (κ2) is 20.4. The number of hydrogen-bond donors (Lipinski definition) is 3. The fraction of sp³-hybridized carbons (Fsp3) is 0.588. The summed E-state index contributed by atoms with van der Waals surface area (Å²) < 4.78 is 9.74. The van der Waals surface area contributed by atoms with Gasteiger partial charge < -0.3 is 34.9 Å². The molecule has 0 bridgehead atoms. The van der Waals surface area contributed by atoms with Gasteiger partial charge in [-0.1, -0.05) is 84.4 Å². The largest absolute Gasteiger partial charge is 0.453 e. The predicted molar refractivity (Wildman–Crippen MR) is 253 cm³/mol. The number of aliphatic imine (C=N–C) groups is 1. The Morgan fingerprint density at radius 1 is 0.922 bits per heavy atom. The third kappa shape index (κ3) is 9.95. The minimum Gasteiger partial charge on any atom is -0.453 e. The maximum Gasteiger partial charge on any atom is 0.407 e. The highest BCUT2D eigenvalue weighted by atomic mass is 16.5. The van der Waals surface area contributed by atoms with Crippen LogP contribution in [0.4, 0.5) is 9.59 Å². The third-order valence-corrected chi connectivity index (χ3v) is 14.7. The molecule has 0 radical (unpaired) electrons. The molecule has 3 N–H and O–H groups in total. The van der Waals surface area contributed by atoms with Gasteiger partial charge in [0.1, 0.15) is 11.9 Å². The summed E-state index contributed by atoms with van der Waals surface area (Å²) in [5.74, 6) is 1.49. The van der Waals surface area contributed by atoms with Crippen molar-refractivity contribution in [3.8, 4) is 22.4 Å². The first-order chi connectivity index (χ1) is 30.8. The zero-order valence-corrected chi connectivity index (χ0v) is 39.7. The SMILES string of the molecule is CCC(C)C(C=N/C=C1/CCCN1C(=O)C(NC(=O)OC)C(C)C)c1ccc(-c2ccc(-c3cnc(C4CCCN4CC(NC(=O)OC)C(C)C)[nH]3)cc2)c2c1CCC21CCN(C)C1. The molecule has 1 aromatic heterocycles. The lowest BCUT2D eigenvalue weighted by Gasteiger charge is -2.30.